The highest BCUT2D eigenvalue weighted by Crippen LogP contribution is 2.09. The van der Waals surface area contributed by atoms with Crippen LogP contribution >= 0.6 is 11.3 Å². The van der Waals surface area contributed by atoms with E-state index in [0.29, 0.717) is 18.7 Å². The average Bonchev–Trinajstić information content (AvgIpc) is 3.08. The summed E-state index contributed by atoms with van der Waals surface area (Å²) in [6.07, 6.45) is 0.845. The summed E-state index contributed by atoms with van der Waals surface area (Å²) in [6.45, 7) is 1.12. The van der Waals surface area contributed by atoms with Crippen LogP contribution in [-0.4, -0.2) is 37.5 Å². The minimum absolute atomic E-state index is 0.100. The Labute approximate surface area is 140 Å². The average molecular weight is 331 g/mol. The van der Waals surface area contributed by atoms with Crippen molar-refractivity contribution in [2.45, 2.75) is 13.0 Å². The minimum atomic E-state index is -0.115. The molecule has 1 heterocycles. The van der Waals surface area contributed by atoms with Crippen LogP contribution in [0.25, 0.3) is 0 Å². The summed E-state index contributed by atoms with van der Waals surface area (Å²) in [5.41, 5.74) is 1.59. The summed E-state index contributed by atoms with van der Waals surface area (Å²) in [5, 5.41) is 7.52. The van der Waals surface area contributed by atoms with E-state index in [0.717, 1.165) is 12.0 Å². The van der Waals surface area contributed by atoms with Gasteiger partial charge < -0.3 is 15.5 Å². The first-order valence-electron chi connectivity index (χ1n) is 7.42. The molecular formula is C17H21N3O2S. The number of carbonyl (C=O) groups excluding carboxylic acids is 2. The van der Waals surface area contributed by atoms with Gasteiger partial charge in [0.05, 0.1) is 0 Å². The summed E-state index contributed by atoms with van der Waals surface area (Å²) in [4.78, 5) is 26.4. The van der Waals surface area contributed by atoms with Gasteiger partial charge in [-0.2, -0.15) is 0 Å². The first kappa shape index (κ1) is 17.0. The number of amides is 3. The maximum absolute atomic E-state index is 12.1. The molecular weight excluding hydrogens is 310 g/mol. The Morgan fingerprint density at radius 2 is 1.91 bits per heavy atom. The second-order valence-corrected chi connectivity index (χ2v) is 6.23. The molecule has 5 nitrogen and oxygen atoms in total. The Balaban J connectivity index is 1.79. The van der Waals surface area contributed by atoms with E-state index in [-0.39, 0.29) is 11.9 Å². The SMILES string of the molecule is CNC(=O)c1ccc(CN(C)C(=O)NCCc2cccs2)cc1. The molecule has 2 aromatic rings. The number of nitrogens with one attached hydrogen (secondary N) is 2. The number of benzene rings is 1. The van der Waals surface area contributed by atoms with Crippen LogP contribution in [0, 0.1) is 0 Å². The molecule has 23 heavy (non-hydrogen) atoms. The first-order chi connectivity index (χ1) is 11.1. The molecule has 1 aromatic heterocycles. The van der Waals surface area contributed by atoms with E-state index in [1.54, 1.807) is 42.5 Å². The Kier molecular flexibility index (Phi) is 6.17. The molecule has 0 spiro atoms. The predicted molar refractivity (Wildman–Crippen MR) is 92.7 cm³/mol. The van der Waals surface area contributed by atoms with Crippen LogP contribution in [0.4, 0.5) is 4.79 Å². The highest BCUT2D eigenvalue weighted by Gasteiger charge is 2.09. The number of rotatable bonds is 6. The summed E-state index contributed by atoms with van der Waals surface area (Å²) in [7, 11) is 3.36. The van der Waals surface area contributed by atoms with E-state index in [9.17, 15) is 9.59 Å². The van der Waals surface area contributed by atoms with Crippen molar-refractivity contribution in [1.82, 2.24) is 15.5 Å². The molecule has 0 saturated heterocycles. The Bertz CT molecular complexity index is 638. The fourth-order valence-electron chi connectivity index (χ4n) is 2.13. The monoisotopic (exact) mass is 331 g/mol. The van der Waals surface area contributed by atoms with Crippen molar-refractivity contribution in [2.24, 2.45) is 0 Å². The maximum atomic E-state index is 12.1. The zero-order valence-corrected chi connectivity index (χ0v) is 14.2. The zero-order chi connectivity index (χ0) is 16.7. The van der Waals surface area contributed by atoms with Gasteiger partial charge in [-0.1, -0.05) is 18.2 Å². The second kappa shape index (κ2) is 8.33. The van der Waals surface area contributed by atoms with Gasteiger partial charge in [-0.3, -0.25) is 4.79 Å². The molecule has 0 atom stereocenters. The van der Waals surface area contributed by atoms with Crippen molar-refractivity contribution in [3.8, 4) is 0 Å². The number of nitrogens with zero attached hydrogens (tertiary/aromatic N) is 1. The molecule has 0 radical (unpaired) electrons. The lowest BCUT2D eigenvalue weighted by Gasteiger charge is -2.18. The predicted octanol–water partition coefficient (Wildman–Crippen LogP) is 2.49. The topological polar surface area (TPSA) is 61.4 Å². The molecule has 0 aliphatic rings. The van der Waals surface area contributed by atoms with E-state index in [1.165, 1.54) is 4.88 Å². The smallest absolute Gasteiger partial charge is 0.317 e. The molecule has 0 unspecified atom stereocenters. The van der Waals surface area contributed by atoms with Crippen LogP contribution < -0.4 is 10.6 Å². The van der Waals surface area contributed by atoms with E-state index < -0.39 is 0 Å². The highest BCUT2D eigenvalue weighted by atomic mass is 32.1. The highest BCUT2D eigenvalue weighted by molar-refractivity contribution is 7.09. The largest absolute Gasteiger partial charge is 0.355 e. The molecule has 3 amide bonds. The van der Waals surface area contributed by atoms with Crippen molar-refractivity contribution in [3.05, 3.63) is 57.8 Å². The normalized spacial score (nSPS) is 10.2. The van der Waals surface area contributed by atoms with Crippen molar-refractivity contribution in [1.29, 1.82) is 0 Å². The third kappa shape index (κ3) is 5.10. The van der Waals surface area contributed by atoms with E-state index in [4.69, 9.17) is 0 Å². The summed E-state index contributed by atoms with van der Waals surface area (Å²) >= 11 is 1.69. The molecule has 0 aliphatic carbocycles. The van der Waals surface area contributed by atoms with Crippen molar-refractivity contribution < 1.29 is 9.59 Å². The fraction of sp³-hybridized carbons (Fsp3) is 0.294. The van der Waals surface area contributed by atoms with E-state index in [1.807, 2.05) is 23.6 Å². The van der Waals surface area contributed by atoms with Gasteiger partial charge in [-0.25, -0.2) is 4.79 Å². The van der Waals surface area contributed by atoms with Gasteiger partial charge in [0, 0.05) is 37.6 Å². The van der Waals surface area contributed by atoms with Gasteiger partial charge in [0.25, 0.3) is 5.91 Å². The third-order valence-corrected chi connectivity index (χ3v) is 4.37. The number of carbonyl (C=O) groups is 2. The Hall–Kier alpha value is -2.34. The number of urea groups is 1. The van der Waals surface area contributed by atoms with Crippen LogP contribution in [0.1, 0.15) is 20.8 Å². The van der Waals surface area contributed by atoms with Crippen LogP contribution in [0.5, 0.6) is 0 Å². The molecule has 2 N–H and O–H groups in total. The van der Waals surface area contributed by atoms with E-state index in [2.05, 4.69) is 16.7 Å². The molecule has 0 fully saturated rings. The molecule has 1 aromatic carbocycles. The van der Waals surface area contributed by atoms with Crippen LogP contribution in [-0.2, 0) is 13.0 Å². The first-order valence-corrected chi connectivity index (χ1v) is 8.30. The molecule has 0 saturated carbocycles. The van der Waals surface area contributed by atoms with E-state index >= 15 is 0 Å². The number of hydrogen-bond donors (Lipinski definition) is 2. The van der Waals surface area contributed by atoms with Gasteiger partial charge in [0.2, 0.25) is 0 Å². The molecule has 6 heteroatoms. The van der Waals surface area contributed by atoms with Crippen molar-refractivity contribution >= 4 is 23.3 Å². The van der Waals surface area contributed by atoms with Gasteiger partial charge in [0.15, 0.2) is 0 Å². The zero-order valence-electron chi connectivity index (χ0n) is 13.3. The van der Waals surface area contributed by atoms with Gasteiger partial charge in [0.1, 0.15) is 0 Å². The lowest BCUT2D eigenvalue weighted by Crippen LogP contribution is -2.37. The lowest BCUT2D eigenvalue weighted by atomic mass is 10.1. The van der Waals surface area contributed by atoms with Crippen LogP contribution in [0.15, 0.2) is 41.8 Å². The maximum Gasteiger partial charge on any atom is 0.317 e. The fourth-order valence-corrected chi connectivity index (χ4v) is 2.84. The lowest BCUT2D eigenvalue weighted by molar-refractivity contribution is 0.0963. The van der Waals surface area contributed by atoms with Gasteiger partial charge >= 0.3 is 6.03 Å². The van der Waals surface area contributed by atoms with Crippen LogP contribution in [0.3, 0.4) is 0 Å². The number of thiophene rings is 1. The summed E-state index contributed by atoms with van der Waals surface area (Å²) < 4.78 is 0. The quantitative estimate of drug-likeness (QED) is 0.854. The molecule has 0 aliphatic heterocycles. The molecule has 122 valence electrons. The van der Waals surface area contributed by atoms with Crippen molar-refractivity contribution in [2.75, 3.05) is 20.6 Å². The third-order valence-electron chi connectivity index (χ3n) is 3.44. The number of hydrogen-bond acceptors (Lipinski definition) is 3. The molecule has 2 rings (SSSR count). The summed E-state index contributed by atoms with van der Waals surface area (Å²) in [5.74, 6) is -0.115. The van der Waals surface area contributed by atoms with Gasteiger partial charge in [-0.15, -0.1) is 11.3 Å². The standard InChI is InChI=1S/C17H21N3O2S/c1-18-16(21)14-7-5-13(6-8-14)12-20(2)17(22)19-10-9-15-4-3-11-23-15/h3-8,11H,9-10,12H2,1-2H3,(H,18,21)(H,19,22). The summed E-state index contributed by atoms with van der Waals surface area (Å²) in [6, 6.07) is 11.2. The Morgan fingerprint density at radius 3 is 2.52 bits per heavy atom. The van der Waals surface area contributed by atoms with Crippen molar-refractivity contribution in [3.63, 3.8) is 0 Å². The minimum Gasteiger partial charge on any atom is -0.355 e. The second-order valence-electron chi connectivity index (χ2n) is 5.19. The van der Waals surface area contributed by atoms with Crippen LogP contribution in [0.2, 0.25) is 0 Å². The molecule has 0 bridgehead atoms. The van der Waals surface area contributed by atoms with Gasteiger partial charge in [-0.05, 0) is 35.6 Å². The Morgan fingerprint density at radius 1 is 1.17 bits per heavy atom.